The van der Waals surface area contributed by atoms with E-state index in [4.69, 9.17) is 11.6 Å². The number of anilines is 2. The lowest BCUT2D eigenvalue weighted by molar-refractivity contribution is 0.0696. The topological polar surface area (TPSA) is 72.9 Å². The number of amides is 1. The number of benzene rings is 2. The minimum Gasteiger partial charge on any atom is -0.478 e. The van der Waals surface area contributed by atoms with E-state index in [1.54, 1.807) is 36.4 Å². The van der Waals surface area contributed by atoms with Gasteiger partial charge in [-0.2, -0.15) is 0 Å². The Morgan fingerprint density at radius 2 is 1.71 bits per heavy atom. The molecule has 1 atom stereocenters. The zero-order valence-corrected chi connectivity index (χ0v) is 18.3. The molecule has 6 nitrogen and oxygen atoms in total. The first kappa shape index (κ1) is 21.7. The molecule has 0 unspecified atom stereocenters. The molecule has 0 aromatic heterocycles. The molecule has 0 saturated carbocycles. The number of carboxylic acids is 1. The van der Waals surface area contributed by atoms with Crippen molar-refractivity contribution < 1.29 is 14.7 Å². The van der Waals surface area contributed by atoms with Crippen LogP contribution in [0.15, 0.2) is 42.5 Å². The minimum absolute atomic E-state index is 0.154. The number of nitrogens with zero attached hydrogens (tertiary/aromatic N) is 2. The third-order valence-electron chi connectivity index (χ3n) is 6.17. The summed E-state index contributed by atoms with van der Waals surface area (Å²) in [5.74, 6) is -0.726. The second kappa shape index (κ2) is 9.71. The lowest BCUT2D eigenvalue weighted by atomic mass is 9.96. The number of aromatic carboxylic acids is 1. The Morgan fingerprint density at radius 1 is 1.00 bits per heavy atom. The van der Waals surface area contributed by atoms with Crippen LogP contribution in [0.5, 0.6) is 0 Å². The average molecular weight is 442 g/mol. The van der Waals surface area contributed by atoms with Crippen molar-refractivity contribution in [3.63, 3.8) is 0 Å². The highest BCUT2D eigenvalue weighted by molar-refractivity contribution is 6.30. The summed E-state index contributed by atoms with van der Waals surface area (Å²) in [4.78, 5) is 29.2. The van der Waals surface area contributed by atoms with E-state index in [9.17, 15) is 14.7 Å². The monoisotopic (exact) mass is 441 g/mol. The molecule has 2 saturated heterocycles. The Kier molecular flexibility index (Phi) is 6.78. The van der Waals surface area contributed by atoms with Gasteiger partial charge in [0.05, 0.1) is 16.9 Å². The van der Waals surface area contributed by atoms with Crippen molar-refractivity contribution in [3.05, 3.63) is 58.6 Å². The molecule has 2 aliphatic rings. The highest BCUT2D eigenvalue weighted by Crippen LogP contribution is 2.32. The molecule has 0 radical (unpaired) electrons. The van der Waals surface area contributed by atoms with Gasteiger partial charge in [0.2, 0.25) is 0 Å². The van der Waals surface area contributed by atoms with Gasteiger partial charge < -0.3 is 20.2 Å². The number of piperidine rings is 1. The van der Waals surface area contributed by atoms with Crippen LogP contribution in [0, 0.1) is 5.92 Å². The van der Waals surface area contributed by atoms with Gasteiger partial charge >= 0.3 is 5.97 Å². The summed E-state index contributed by atoms with van der Waals surface area (Å²) in [6.45, 7) is 5.29. The molecule has 4 rings (SSSR count). The molecule has 2 aromatic carbocycles. The largest absolute Gasteiger partial charge is 0.478 e. The summed E-state index contributed by atoms with van der Waals surface area (Å²) in [6.07, 6.45) is 4.86. The van der Waals surface area contributed by atoms with Gasteiger partial charge in [-0.15, -0.1) is 0 Å². The van der Waals surface area contributed by atoms with Crippen molar-refractivity contribution in [3.8, 4) is 0 Å². The van der Waals surface area contributed by atoms with E-state index in [1.165, 1.54) is 32.4 Å². The second-order valence-electron chi connectivity index (χ2n) is 8.46. The van der Waals surface area contributed by atoms with Gasteiger partial charge in [0.1, 0.15) is 0 Å². The fourth-order valence-electron chi connectivity index (χ4n) is 4.60. The number of halogens is 1. The fraction of sp³-hybridized carbons (Fsp3) is 0.417. The number of hydrogen-bond donors (Lipinski definition) is 2. The Balaban J connectivity index is 1.55. The quantitative estimate of drug-likeness (QED) is 0.685. The standard InChI is InChI=1S/C24H28ClN3O3/c25-20-8-5-18(6-9-20)23(29)26-21-14-19(24(30)31)7-10-22(21)28-13-3-4-17(16-28)15-27-11-1-2-12-27/h5-10,14,17H,1-4,11-13,15-16H2,(H,26,29)(H,30,31)/t17-/m0/s1. The van der Waals surface area contributed by atoms with E-state index in [2.05, 4.69) is 15.1 Å². The maximum atomic E-state index is 12.8. The molecule has 164 valence electrons. The normalized spacial score (nSPS) is 19.4. The van der Waals surface area contributed by atoms with Gasteiger partial charge in [-0.05, 0) is 87.2 Å². The Bertz CT molecular complexity index is 942. The third-order valence-corrected chi connectivity index (χ3v) is 6.42. The van der Waals surface area contributed by atoms with Gasteiger partial charge in [0.15, 0.2) is 0 Å². The average Bonchev–Trinajstić information content (AvgIpc) is 3.27. The highest BCUT2D eigenvalue weighted by atomic mass is 35.5. The predicted molar refractivity (Wildman–Crippen MR) is 123 cm³/mol. The Labute approximate surface area is 187 Å². The molecule has 1 amide bonds. The number of carbonyl (C=O) groups excluding carboxylic acids is 1. The molecular formula is C24H28ClN3O3. The van der Waals surface area contributed by atoms with Crippen LogP contribution in [0.3, 0.4) is 0 Å². The fourth-order valence-corrected chi connectivity index (χ4v) is 4.73. The molecular weight excluding hydrogens is 414 g/mol. The molecule has 2 aliphatic heterocycles. The predicted octanol–water partition coefficient (Wildman–Crippen LogP) is 4.60. The number of hydrogen-bond acceptors (Lipinski definition) is 4. The van der Waals surface area contributed by atoms with Crippen LogP contribution in [0.1, 0.15) is 46.4 Å². The van der Waals surface area contributed by atoms with Gasteiger partial charge in [-0.25, -0.2) is 4.79 Å². The van der Waals surface area contributed by atoms with Crippen molar-refractivity contribution in [1.82, 2.24) is 4.90 Å². The van der Waals surface area contributed by atoms with E-state index in [0.29, 0.717) is 22.2 Å². The summed E-state index contributed by atoms with van der Waals surface area (Å²) >= 11 is 5.93. The van der Waals surface area contributed by atoms with E-state index in [-0.39, 0.29) is 11.5 Å². The first-order chi connectivity index (χ1) is 15.0. The van der Waals surface area contributed by atoms with Gasteiger partial charge in [-0.1, -0.05) is 11.6 Å². The Morgan fingerprint density at radius 3 is 2.42 bits per heavy atom. The SMILES string of the molecule is O=C(O)c1ccc(N2CCC[C@@H](CN3CCCC3)C2)c(NC(=O)c2ccc(Cl)cc2)c1. The lowest BCUT2D eigenvalue weighted by Gasteiger charge is -2.37. The molecule has 2 N–H and O–H groups in total. The van der Waals surface area contributed by atoms with Crippen molar-refractivity contribution in [2.45, 2.75) is 25.7 Å². The molecule has 31 heavy (non-hydrogen) atoms. The number of carboxylic acid groups (broad SMARTS) is 1. The second-order valence-corrected chi connectivity index (χ2v) is 8.90. The van der Waals surface area contributed by atoms with Crippen LogP contribution < -0.4 is 10.2 Å². The van der Waals surface area contributed by atoms with Crippen LogP contribution in [0.4, 0.5) is 11.4 Å². The van der Waals surface area contributed by atoms with Crippen molar-refractivity contribution in [2.24, 2.45) is 5.92 Å². The number of likely N-dealkylation sites (tertiary alicyclic amines) is 1. The number of carbonyl (C=O) groups is 2. The molecule has 2 fully saturated rings. The number of rotatable bonds is 6. The highest BCUT2D eigenvalue weighted by Gasteiger charge is 2.25. The van der Waals surface area contributed by atoms with Crippen LogP contribution in [-0.4, -0.2) is 54.6 Å². The van der Waals surface area contributed by atoms with Crippen LogP contribution in [0.25, 0.3) is 0 Å². The van der Waals surface area contributed by atoms with Crippen LogP contribution in [0.2, 0.25) is 5.02 Å². The van der Waals surface area contributed by atoms with E-state index < -0.39 is 5.97 Å². The minimum atomic E-state index is -1.01. The first-order valence-electron chi connectivity index (χ1n) is 10.9. The summed E-state index contributed by atoms with van der Waals surface area (Å²) in [6, 6.07) is 11.6. The maximum Gasteiger partial charge on any atom is 0.335 e. The Hall–Kier alpha value is -2.57. The van der Waals surface area contributed by atoms with E-state index in [1.807, 2.05) is 6.07 Å². The summed E-state index contributed by atoms with van der Waals surface area (Å²) < 4.78 is 0. The molecule has 0 aliphatic carbocycles. The first-order valence-corrected chi connectivity index (χ1v) is 11.3. The van der Waals surface area contributed by atoms with Gasteiger partial charge in [0.25, 0.3) is 5.91 Å². The van der Waals surface area contributed by atoms with Gasteiger partial charge in [0, 0.05) is 30.2 Å². The lowest BCUT2D eigenvalue weighted by Crippen LogP contribution is -2.40. The van der Waals surface area contributed by atoms with Crippen LogP contribution >= 0.6 is 11.6 Å². The third kappa shape index (κ3) is 5.38. The molecule has 2 heterocycles. The smallest absolute Gasteiger partial charge is 0.335 e. The summed E-state index contributed by atoms with van der Waals surface area (Å²) in [7, 11) is 0. The van der Waals surface area contributed by atoms with Gasteiger partial charge in [-0.3, -0.25) is 4.79 Å². The molecule has 7 heteroatoms. The van der Waals surface area contributed by atoms with Crippen molar-refractivity contribution in [2.75, 3.05) is 42.9 Å². The molecule has 2 aromatic rings. The molecule has 0 bridgehead atoms. The summed E-state index contributed by atoms with van der Waals surface area (Å²) in [5, 5.41) is 12.9. The summed E-state index contributed by atoms with van der Waals surface area (Å²) in [5.41, 5.74) is 2.03. The molecule has 0 spiro atoms. The van der Waals surface area contributed by atoms with E-state index in [0.717, 1.165) is 31.7 Å². The van der Waals surface area contributed by atoms with Crippen molar-refractivity contribution in [1.29, 1.82) is 0 Å². The van der Waals surface area contributed by atoms with Crippen molar-refractivity contribution >= 4 is 34.9 Å². The zero-order chi connectivity index (χ0) is 21.8. The van der Waals surface area contributed by atoms with E-state index >= 15 is 0 Å². The van der Waals surface area contributed by atoms with Crippen LogP contribution in [-0.2, 0) is 0 Å². The number of nitrogens with one attached hydrogen (secondary N) is 1. The zero-order valence-electron chi connectivity index (χ0n) is 17.5. The maximum absolute atomic E-state index is 12.8.